The Kier molecular flexibility index (Phi) is 4.69. The van der Waals surface area contributed by atoms with Gasteiger partial charge in [-0.3, -0.25) is 9.48 Å². The van der Waals surface area contributed by atoms with Crippen LogP contribution in [0.1, 0.15) is 67.2 Å². The lowest BCUT2D eigenvalue weighted by molar-refractivity contribution is 0.0717. The second-order valence-corrected chi connectivity index (χ2v) is 6.83. The molecule has 24 heavy (non-hydrogen) atoms. The summed E-state index contributed by atoms with van der Waals surface area (Å²) in [6, 6.07) is 1.88. The number of aromatic nitrogens is 4. The van der Waals surface area contributed by atoms with Gasteiger partial charge in [-0.2, -0.15) is 5.10 Å². The summed E-state index contributed by atoms with van der Waals surface area (Å²) in [5, 5.41) is 12.5. The average Bonchev–Trinajstić information content (AvgIpc) is 3.24. The maximum absolute atomic E-state index is 13.1. The number of likely N-dealkylation sites (tertiary alicyclic amines) is 1. The van der Waals surface area contributed by atoms with Crippen LogP contribution in [0.25, 0.3) is 0 Å². The van der Waals surface area contributed by atoms with E-state index in [2.05, 4.69) is 29.3 Å². The van der Waals surface area contributed by atoms with Gasteiger partial charge in [-0.05, 0) is 45.1 Å². The molecule has 0 bridgehead atoms. The van der Waals surface area contributed by atoms with Gasteiger partial charge in [0.05, 0.1) is 11.7 Å². The van der Waals surface area contributed by atoms with E-state index in [1.165, 1.54) is 0 Å². The van der Waals surface area contributed by atoms with Gasteiger partial charge in [-0.1, -0.05) is 24.2 Å². The molecule has 1 atom stereocenters. The lowest BCUT2D eigenvalue weighted by atomic mass is 10.1. The van der Waals surface area contributed by atoms with Crippen LogP contribution in [0.5, 0.6) is 0 Å². The standard InChI is InChI=1S/C17H25N5O2/c1-5-22-15(10-13(18-22)9-11(2)3)17(23)21-8-6-7-14(21)16-12(4)19-24-20-16/h10-11,14H,5-9H2,1-4H3. The number of hydrogen-bond acceptors (Lipinski definition) is 5. The number of amides is 1. The predicted molar refractivity (Wildman–Crippen MR) is 88.5 cm³/mol. The van der Waals surface area contributed by atoms with Crippen LogP contribution in [0.2, 0.25) is 0 Å². The smallest absolute Gasteiger partial charge is 0.272 e. The molecule has 1 unspecified atom stereocenters. The molecule has 2 aromatic heterocycles. The fraction of sp³-hybridized carbons (Fsp3) is 0.647. The van der Waals surface area contributed by atoms with Crippen LogP contribution in [0.15, 0.2) is 10.7 Å². The van der Waals surface area contributed by atoms with E-state index >= 15 is 0 Å². The zero-order valence-corrected chi connectivity index (χ0v) is 14.8. The van der Waals surface area contributed by atoms with Crippen LogP contribution >= 0.6 is 0 Å². The molecule has 0 N–H and O–H groups in total. The van der Waals surface area contributed by atoms with Crippen molar-refractivity contribution in [3.05, 3.63) is 28.8 Å². The van der Waals surface area contributed by atoms with Crippen molar-refractivity contribution < 1.29 is 9.42 Å². The molecule has 3 heterocycles. The molecule has 3 rings (SSSR count). The first kappa shape index (κ1) is 16.7. The van der Waals surface area contributed by atoms with Crippen LogP contribution in [0.3, 0.4) is 0 Å². The topological polar surface area (TPSA) is 77.0 Å². The monoisotopic (exact) mass is 331 g/mol. The highest BCUT2D eigenvalue weighted by Gasteiger charge is 2.35. The summed E-state index contributed by atoms with van der Waals surface area (Å²) < 4.78 is 6.64. The highest BCUT2D eigenvalue weighted by molar-refractivity contribution is 5.93. The molecule has 2 aromatic rings. The summed E-state index contributed by atoms with van der Waals surface area (Å²) in [5.74, 6) is 0.529. The molecule has 7 nitrogen and oxygen atoms in total. The van der Waals surface area contributed by atoms with Crippen molar-refractivity contribution in [2.75, 3.05) is 6.54 Å². The average molecular weight is 331 g/mol. The predicted octanol–water partition coefficient (Wildman–Crippen LogP) is 2.77. The van der Waals surface area contributed by atoms with Crippen molar-refractivity contribution in [2.24, 2.45) is 5.92 Å². The maximum atomic E-state index is 13.1. The molecule has 1 amide bonds. The van der Waals surface area contributed by atoms with Crippen molar-refractivity contribution >= 4 is 5.91 Å². The minimum Gasteiger partial charge on any atom is -0.329 e. The quantitative estimate of drug-likeness (QED) is 0.842. The van der Waals surface area contributed by atoms with Gasteiger partial charge in [0.1, 0.15) is 17.1 Å². The molecule has 1 saturated heterocycles. The number of nitrogens with zero attached hydrogens (tertiary/aromatic N) is 5. The number of hydrogen-bond donors (Lipinski definition) is 0. The number of carbonyl (C=O) groups excluding carboxylic acids is 1. The molecule has 130 valence electrons. The SMILES string of the molecule is CCn1nc(CC(C)C)cc1C(=O)N1CCCC1c1nonc1C. The van der Waals surface area contributed by atoms with E-state index < -0.39 is 0 Å². The maximum Gasteiger partial charge on any atom is 0.272 e. The third kappa shape index (κ3) is 3.07. The normalized spacial score (nSPS) is 17.9. The first-order chi connectivity index (χ1) is 11.5. The Bertz CT molecular complexity index is 718. The summed E-state index contributed by atoms with van der Waals surface area (Å²) >= 11 is 0. The number of carbonyl (C=O) groups is 1. The minimum absolute atomic E-state index is 0.0178. The van der Waals surface area contributed by atoms with Gasteiger partial charge in [-0.25, -0.2) is 4.63 Å². The number of aryl methyl sites for hydroxylation is 2. The van der Waals surface area contributed by atoms with Crippen LogP contribution < -0.4 is 0 Å². The third-order valence-electron chi connectivity index (χ3n) is 4.48. The molecule has 0 spiro atoms. The van der Waals surface area contributed by atoms with E-state index in [9.17, 15) is 4.79 Å². The summed E-state index contributed by atoms with van der Waals surface area (Å²) in [4.78, 5) is 15.0. The van der Waals surface area contributed by atoms with Crippen LogP contribution in [-0.4, -0.2) is 37.4 Å². The second kappa shape index (κ2) is 6.75. The van der Waals surface area contributed by atoms with Crippen LogP contribution in [-0.2, 0) is 13.0 Å². The molecule has 1 fully saturated rings. The van der Waals surface area contributed by atoms with E-state index in [0.29, 0.717) is 18.2 Å². The van der Waals surface area contributed by atoms with E-state index in [0.717, 1.165) is 42.9 Å². The van der Waals surface area contributed by atoms with E-state index in [4.69, 9.17) is 4.63 Å². The van der Waals surface area contributed by atoms with Gasteiger partial charge in [0.2, 0.25) is 0 Å². The van der Waals surface area contributed by atoms with E-state index in [1.807, 2.05) is 29.5 Å². The highest BCUT2D eigenvalue weighted by Crippen LogP contribution is 2.33. The molecule has 7 heteroatoms. The van der Waals surface area contributed by atoms with E-state index in [-0.39, 0.29) is 11.9 Å². The van der Waals surface area contributed by atoms with Crippen LogP contribution in [0.4, 0.5) is 0 Å². The Balaban J connectivity index is 1.88. The first-order valence-corrected chi connectivity index (χ1v) is 8.68. The van der Waals surface area contributed by atoms with Gasteiger partial charge in [-0.15, -0.1) is 0 Å². The van der Waals surface area contributed by atoms with Crippen LogP contribution in [0, 0.1) is 12.8 Å². The lowest BCUT2D eigenvalue weighted by Gasteiger charge is -2.23. The van der Waals surface area contributed by atoms with Crippen molar-refractivity contribution in [3.8, 4) is 0 Å². The Morgan fingerprint density at radius 3 is 2.83 bits per heavy atom. The van der Waals surface area contributed by atoms with Crippen molar-refractivity contribution in [1.29, 1.82) is 0 Å². The summed E-state index contributed by atoms with van der Waals surface area (Å²) in [6.45, 7) is 9.60. The second-order valence-electron chi connectivity index (χ2n) is 6.83. The van der Waals surface area contributed by atoms with Gasteiger partial charge in [0.25, 0.3) is 5.91 Å². The van der Waals surface area contributed by atoms with Gasteiger partial charge >= 0.3 is 0 Å². The fourth-order valence-corrected chi connectivity index (χ4v) is 3.38. The zero-order valence-electron chi connectivity index (χ0n) is 14.8. The largest absolute Gasteiger partial charge is 0.329 e. The molecule has 1 aliphatic heterocycles. The Labute approximate surface area is 142 Å². The summed E-state index contributed by atoms with van der Waals surface area (Å²) in [6.07, 6.45) is 2.73. The molecular formula is C17H25N5O2. The molecule has 0 aromatic carbocycles. The first-order valence-electron chi connectivity index (χ1n) is 8.68. The van der Waals surface area contributed by atoms with Crippen molar-refractivity contribution in [1.82, 2.24) is 25.0 Å². The molecule has 0 aliphatic carbocycles. The lowest BCUT2D eigenvalue weighted by Crippen LogP contribution is -2.32. The summed E-state index contributed by atoms with van der Waals surface area (Å²) in [7, 11) is 0. The minimum atomic E-state index is -0.0579. The Morgan fingerprint density at radius 1 is 1.42 bits per heavy atom. The Morgan fingerprint density at radius 2 is 2.21 bits per heavy atom. The fourth-order valence-electron chi connectivity index (χ4n) is 3.38. The Hall–Kier alpha value is -2.18. The van der Waals surface area contributed by atoms with E-state index in [1.54, 1.807) is 0 Å². The van der Waals surface area contributed by atoms with Crippen molar-refractivity contribution in [3.63, 3.8) is 0 Å². The molecular weight excluding hydrogens is 306 g/mol. The zero-order chi connectivity index (χ0) is 17.3. The molecule has 1 aliphatic rings. The highest BCUT2D eigenvalue weighted by atomic mass is 16.6. The summed E-state index contributed by atoms with van der Waals surface area (Å²) in [5.41, 5.74) is 3.16. The van der Waals surface area contributed by atoms with Gasteiger partial charge < -0.3 is 4.90 Å². The van der Waals surface area contributed by atoms with Gasteiger partial charge in [0.15, 0.2) is 0 Å². The van der Waals surface area contributed by atoms with Crippen molar-refractivity contribution in [2.45, 2.75) is 59.5 Å². The number of rotatable bonds is 5. The molecule has 0 radical (unpaired) electrons. The molecule has 0 saturated carbocycles. The van der Waals surface area contributed by atoms with Gasteiger partial charge in [0, 0.05) is 13.1 Å². The third-order valence-corrected chi connectivity index (χ3v) is 4.48.